The Morgan fingerprint density at radius 3 is 2.84 bits per heavy atom. The van der Waals surface area contributed by atoms with Crippen molar-refractivity contribution in [3.8, 4) is 5.75 Å². The highest BCUT2D eigenvalue weighted by Gasteiger charge is 2.46. The summed E-state index contributed by atoms with van der Waals surface area (Å²) in [4.78, 5) is 11.0. The molecule has 1 aliphatic rings. The molecule has 0 bridgehead atoms. The number of ether oxygens (including phenoxy) is 1. The summed E-state index contributed by atoms with van der Waals surface area (Å²) < 4.78 is 18.6. The molecule has 0 heterocycles. The molecule has 1 fully saturated rings. The van der Waals surface area contributed by atoms with Crippen molar-refractivity contribution < 1.29 is 19.0 Å². The summed E-state index contributed by atoms with van der Waals surface area (Å²) in [6, 6.07) is 4.73. The van der Waals surface area contributed by atoms with E-state index in [9.17, 15) is 9.18 Å². The molecule has 1 aliphatic carbocycles. The highest BCUT2D eigenvalue weighted by molar-refractivity contribution is 5.75. The summed E-state index contributed by atoms with van der Waals surface area (Å²) >= 11 is 0. The van der Waals surface area contributed by atoms with Crippen molar-refractivity contribution >= 4 is 5.97 Å². The largest absolute Gasteiger partial charge is 0.497 e. The number of hydrogen-bond acceptors (Lipinski definition) is 3. The molecule has 19 heavy (non-hydrogen) atoms. The van der Waals surface area contributed by atoms with Crippen molar-refractivity contribution in [3.63, 3.8) is 0 Å². The molecule has 0 spiro atoms. The van der Waals surface area contributed by atoms with Gasteiger partial charge in [-0.3, -0.25) is 4.79 Å². The van der Waals surface area contributed by atoms with Crippen LogP contribution in [0.5, 0.6) is 5.75 Å². The average Bonchev–Trinajstić information content (AvgIpc) is 2.34. The minimum Gasteiger partial charge on any atom is -0.497 e. The van der Waals surface area contributed by atoms with Crippen LogP contribution in [0.15, 0.2) is 18.2 Å². The van der Waals surface area contributed by atoms with Crippen LogP contribution in [0.3, 0.4) is 0 Å². The highest BCUT2D eigenvalue weighted by atomic mass is 19.1. The van der Waals surface area contributed by atoms with E-state index in [0.717, 1.165) is 0 Å². The maximum atomic E-state index is 13.6. The standard InChI is InChI=1S/C14H18FNO3/c1-14(13(17)18)6-10(7-14)16-8-9-5-11(19-2)3-4-12(9)15/h3-5,10,16H,6-8H2,1-2H3,(H,17,18). The van der Waals surface area contributed by atoms with Crippen LogP contribution in [0.4, 0.5) is 4.39 Å². The summed E-state index contributed by atoms with van der Waals surface area (Å²) in [5.74, 6) is -0.436. The van der Waals surface area contributed by atoms with Crippen LogP contribution in [-0.4, -0.2) is 24.2 Å². The Kier molecular flexibility index (Phi) is 3.75. The zero-order chi connectivity index (χ0) is 14.0. The summed E-state index contributed by atoms with van der Waals surface area (Å²) in [5, 5.41) is 12.2. The molecule has 0 radical (unpaired) electrons. The Hall–Kier alpha value is -1.62. The lowest BCUT2D eigenvalue weighted by Gasteiger charge is -2.42. The van der Waals surface area contributed by atoms with Crippen molar-refractivity contribution in [3.05, 3.63) is 29.6 Å². The van der Waals surface area contributed by atoms with Gasteiger partial charge in [0.15, 0.2) is 0 Å². The number of hydrogen-bond donors (Lipinski definition) is 2. The number of aliphatic carboxylic acids is 1. The van der Waals surface area contributed by atoms with Crippen molar-refractivity contribution in [2.24, 2.45) is 5.41 Å². The van der Waals surface area contributed by atoms with E-state index in [4.69, 9.17) is 9.84 Å². The molecule has 1 aromatic carbocycles. The van der Waals surface area contributed by atoms with Gasteiger partial charge in [0.2, 0.25) is 0 Å². The van der Waals surface area contributed by atoms with E-state index in [1.807, 2.05) is 0 Å². The maximum Gasteiger partial charge on any atom is 0.309 e. The quantitative estimate of drug-likeness (QED) is 0.858. The van der Waals surface area contributed by atoms with Gasteiger partial charge in [0.25, 0.3) is 0 Å². The van der Waals surface area contributed by atoms with Gasteiger partial charge in [-0.1, -0.05) is 0 Å². The van der Waals surface area contributed by atoms with E-state index in [1.54, 1.807) is 19.1 Å². The number of carboxylic acids is 1. The zero-order valence-electron chi connectivity index (χ0n) is 11.1. The van der Waals surface area contributed by atoms with Crippen molar-refractivity contribution in [1.82, 2.24) is 5.32 Å². The molecule has 0 saturated heterocycles. The summed E-state index contributed by atoms with van der Waals surface area (Å²) in [5.41, 5.74) is -0.104. The van der Waals surface area contributed by atoms with Gasteiger partial charge in [0.1, 0.15) is 11.6 Å². The first-order chi connectivity index (χ1) is 8.94. The summed E-state index contributed by atoms with van der Waals surface area (Å²) in [6.07, 6.45) is 1.15. The van der Waals surface area contributed by atoms with E-state index in [2.05, 4.69) is 5.32 Å². The summed E-state index contributed by atoms with van der Waals surface area (Å²) in [7, 11) is 1.54. The van der Waals surface area contributed by atoms with Crippen LogP contribution < -0.4 is 10.1 Å². The van der Waals surface area contributed by atoms with Crippen LogP contribution >= 0.6 is 0 Å². The van der Waals surface area contributed by atoms with Gasteiger partial charge in [0.05, 0.1) is 12.5 Å². The van der Waals surface area contributed by atoms with Crippen LogP contribution in [0.2, 0.25) is 0 Å². The first-order valence-corrected chi connectivity index (χ1v) is 6.24. The van der Waals surface area contributed by atoms with Crippen LogP contribution in [0.25, 0.3) is 0 Å². The monoisotopic (exact) mass is 267 g/mol. The molecule has 2 N–H and O–H groups in total. The van der Waals surface area contributed by atoms with Gasteiger partial charge in [-0.25, -0.2) is 4.39 Å². The minimum absolute atomic E-state index is 0.131. The number of nitrogens with one attached hydrogen (secondary N) is 1. The normalized spacial score (nSPS) is 25.7. The lowest BCUT2D eigenvalue weighted by molar-refractivity contribution is -0.154. The highest BCUT2D eigenvalue weighted by Crippen LogP contribution is 2.40. The molecule has 0 amide bonds. The smallest absolute Gasteiger partial charge is 0.309 e. The Morgan fingerprint density at radius 2 is 2.26 bits per heavy atom. The number of rotatable bonds is 5. The van der Waals surface area contributed by atoms with E-state index >= 15 is 0 Å². The first kappa shape index (κ1) is 13.8. The fourth-order valence-electron chi connectivity index (χ4n) is 2.41. The van der Waals surface area contributed by atoms with E-state index < -0.39 is 11.4 Å². The van der Waals surface area contributed by atoms with Gasteiger partial charge < -0.3 is 15.2 Å². The van der Waals surface area contributed by atoms with Crippen molar-refractivity contribution in [2.75, 3.05) is 7.11 Å². The second-order valence-electron chi connectivity index (χ2n) is 5.31. The predicted octanol–water partition coefficient (Wildman–Crippen LogP) is 2.18. The lowest BCUT2D eigenvalue weighted by Crippen LogP contribution is -2.51. The third-order valence-electron chi connectivity index (χ3n) is 3.74. The van der Waals surface area contributed by atoms with Crippen LogP contribution in [0, 0.1) is 11.2 Å². The molecule has 5 heteroatoms. The van der Waals surface area contributed by atoms with E-state index in [1.165, 1.54) is 13.2 Å². The van der Waals surface area contributed by atoms with Gasteiger partial charge in [-0.05, 0) is 38.0 Å². The maximum absolute atomic E-state index is 13.6. The fraction of sp³-hybridized carbons (Fsp3) is 0.500. The lowest BCUT2D eigenvalue weighted by atomic mass is 9.67. The summed E-state index contributed by atoms with van der Waals surface area (Å²) in [6.45, 7) is 2.11. The van der Waals surface area contributed by atoms with Gasteiger partial charge >= 0.3 is 5.97 Å². The molecule has 2 rings (SSSR count). The Bertz CT molecular complexity index is 484. The molecule has 0 aromatic heterocycles. The molecular weight excluding hydrogens is 249 g/mol. The van der Waals surface area contributed by atoms with Crippen molar-refractivity contribution in [2.45, 2.75) is 32.4 Å². The Labute approximate surface area is 111 Å². The molecular formula is C14H18FNO3. The van der Waals surface area contributed by atoms with E-state index in [-0.39, 0.29) is 11.9 Å². The minimum atomic E-state index is -0.766. The molecule has 4 nitrogen and oxygen atoms in total. The molecule has 0 atom stereocenters. The fourth-order valence-corrected chi connectivity index (χ4v) is 2.41. The predicted molar refractivity (Wildman–Crippen MR) is 68.6 cm³/mol. The molecule has 0 unspecified atom stereocenters. The molecule has 0 aliphatic heterocycles. The number of halogens is 1. The first-order valence-electron chi connectivity index (χ1n) is 6.24. The van der Waals surface area contributed by atoms with Crippen LogP contribution in [0.1, 0.15) is 25.3 Å². The Balaban J connectivity index is 1.89. The molecule has 104 valence electrons. The molecule has 1 saturated carbocycles. The third kappa shape index (κ3) is 2.87. The SMILES string of the molecule is COc1ccc(F)c(CNC2CC(C)(C(=O)O)C2)c1. The third-order valence-corrected chi connectivity index (χ3v) is 3.74. The van der Waals surface area contributed by atoms with Crippen LogP contribution in [-0.2, 0) is 11.3 Å². The van der Waals surface area contributed by atoms with Gasteiger partial charge in [-0.2, -0.15) is 0 Å². The zero-order valence-corrected chi connectivity index (χ0v) is 11.1. The Morgan fingerprint density at radius 1 is 1.58 bits per heavy atom. The second kappa shape index (κ2) is 5.17. The molecule has 1 aromatic rings. The number of methoxy groups -OCH3 is 1. The van der Waals surface area contributed by atoms with Crippen molar-refractivity contribution in [1.29, 1.82) is 0 Å². The second-order valence-corrected chi connectivity index (χ2v) is 5.31. The number of carbonyl (C=O) groups is 1. The van der Waals surface area contributed by atoms with Gasteiger partial charge in [0, 0.05) is 18.2 Å². The topological polar surface area (TPSA) is 58.6 Å². The van der Waals surface area contributed by atoms with Gasteiger partial charge in [-0.15, -0.1) is 0 Å². The number of carboxylic acid groups (broad SMARTS) is 1. The number of benzene rings is 1. The van der Waals surface area contributed by atoms with E-state index in [0.29, 0.717) is 30.7 Å². The average molecular weight is 267 g/mol.